The number of carbonyl (C=O) groups excluding carboxylic acids is 1. The molecule has 3 rings (SSSR count). The van der Waals surface area contributed by atoms with Crippen LogP contribution in [0.1, 0.15) is 17.4 Å². The molecule has 0 radical (unpaired) electrons. The predicted octanol–water partition coefficient (Wildman–Crippen LogP) is 1.53. The molecule has 0 fully saturated rings. The van der Waals surface area contributed by atoms with E-state index in [4.69, 9.17) is 0 Å². The van der Waals surface area contributed by atoms with Crippen molar-refractivity contribution < 1.29 is 4.79 Å². The SMILES string of the molecule is C[C@@H](CNC(=O)c1cc(-n2cccn2)ccn1)Cn1ccnc1. The highest BCUT2D eigenvalue weighted by Gasteiger charge is 2.11. The van der Waals surface area contributed by atoms with E-state index in [1.54, 1.807) is 35.7 Å². The second-order valence-corrected chi connectivity index (χ2v) is 5.42. The molecule has 118 valence electrons. The molecule has 3 heterocycles. The molecule has 0 aliphatic carbocycles. The summed E-state index contributed by atoms with van der Waals surface area (Å²) in [5.41, 5.74) is 1.19. The fourth-order valence-electron chi connectivity index (χ4n) is 2.28. The minimum Gasteiger partial charge on any atom is -0.350 e. The first-order valence-corrected chi connectivity index (χ1v) is 7.42. The number of aromatic nitrogens is 5. The van der Waals surface area contributed by atoms with Crippen LogP contribution >= 0.6 is 0 Å². The van der Waals surface area contributed by atoms with Crippen LogP contribution in [0.5, 0.6) is 0 Å². The van der Waals surface area contributed by atoms with Crippen LogP contribution in [-0.4, -0.2) is 36.8 Å². The van der Waals surface area contributed by atoms with Gasteiger partial charge >= 0.3 is 0 Å². The molecule has 0 saturated heterocycles. The van der Waals surface area contributed by atoms with Gasteiger partial charge in [-0.2, -0.15) is 5.10 Å². The van der Waals surface area contributed by atoms with Gasteiger partial charge in [-0.1, -0.05) is 6.92 Å². The normalized spacial score (nSPS) is 12.0. The fraction of sp³-hybridized carbons (Fsp3) is 0.250. The van der Waals surface area contributed by atoms with Crippen molar-refractivity contribution in [2.24, 2.45) is 5.92 Å². The van der Waals surface area contributed by atoms with E-state index in [0.717, 1.165) is 12.2 Å². The summed E-state index contributed by atoms with van der Waals surface area (Å²) in [6.45, 7) is 3.46. The Kier molecular flexibility index (Phi) is 4.46. The largest absolute Gasteiger partial charge is 0.350 e. The maximum atomic E-state index is 12.3. The highest BCUT2D eigenvalue weighted by Crippen LogP contribution is 2.07. The standard InChI is InChI=1S/C16H18N6O/c1-13(11-21-8-6-17-12-21)10-19-16(23)15-9-14(3-5-18-15)22-7-2-4-20-22/h2-9,12-13H,10-11H2,1H3,(H,19,23)/t13-/m0/s1. The molecule has 0 aromatic carbocycles. The average molecular weight is 310 g/mol. The number of rotatable bonds is 6. The third-order valence-corrected chi connectivity index (χ3v) is 3.44. The molecule has 0 aliphatic rings. The molecular weight excluding hydrogens is 292 g/mol. The van der Waals surface area contributed by atoms with Gasteiger partial charge < -0.3 is 9.88 Å². The molecular formula is C16H18N6O. The first-order chi connectivity index (χ1) is 11.2. The molecule has 0 spiro atoms. The molecule has 1 amide bonds. The third-order valence-electron chi connectivity index (χ3n) is 3.44. The summed E-state index contributed by atoms with van der Waals surface area (Å²) in [5, 5.41) is 7.07. The number of nitrogens with one attached hydrogen (secondary N) is 1. The van der Waals surface area contributed by atoms with E-state index in [0.29, 0.717) is 18.2 Å². The smallest absolute Gasteiger partial charge is 0.269 e. The van der Waals surface area contributed by atoms with Gasteiger partial charge in [-0.3, -0.25) is 9.78 Å². The summed E-state index contributed by atoms with van der Waals surface area (Å²) in [6, 6.07) is 5.37. The maximum Gasteiger partial charge on any atom is 0.269 e. The van der Waals surface area contributed by atoms with Crippen molar-refractivity contribution in [3.8, 4) is 5.69 Å². The van der Waals surface area contributed by atoms with E-state index in [2.05, 4.69) is 27.3 Å². The summed E-state index contributed by atoms with van der Waals surface area (Å²) in [4.78, 5) is 20.4. The van der Waals surface area contributed by atoms with Crippen molar-refractivity contribution in [1.82, 2.24) is 29.6 Å². The van der Waals surface area contributed by atoms with Gasteiger partial charge in [-0.05, 0) is 24.1 Å². The fourth-order valence-corrected chi connectivity index (χ4v) is 2.28. The van der Waals surface area contributed by atoms with Crippen LogP contribution < -0.4 is 5.32 Å². The van der Waals surface area contributed by atoms with Gasteiger partial charge in [0.05, 0.1) is 12.0 Å². The molecule has 23 heavy (non-hydrogen) atoms. The summed E-state index contributed by atoms with van der Waals surface area (Å²) >= 11 is 0. The number of amides is 1. The lowest BCUT2D eigenvalue weighted by molar-refractivity contribution is 0.0942. The summed E-state index contributed by atoms with van der Waals surface area (Å²) < 4.78 is 3.69. The molecule has 0 aliphatic heterocycles. The van der Waals surface area contributed by atoms with Crippen LogP contribution in [-0.2, 0) is 6.54 Å². The Labute approximate surface area is 134 Å². The third kappa shape index (κ3) is 3.82. The van der Waals surface area contributed by atoms with Crippen LogP contribution in [0.4, 0.5) is 0 Å². The van der Waals surface area contributed by atoms with E-state index >= 15 is 0 Å². The van der Waals surface area contributed by atoms with Crippen molar-refractivity contribution in [3.05, 3.63) is 61.2 Å². The number of nitrogens with zero attached hydrogens (tertiary/aromatic N) is 5. The topological polar surface area (TPSA) is 77.6 Å². The Morgan fingerprint density at radius 3 is 2.96 bits per heavy atom. The lowest BCUT2D eigenvalue weighted by Gasteiger charge is -2.13. The second-order valence-electron chi connectivity index (χ2n) is 5.42. The predicted molar refractivity (Wildman–Crippen MR) is 85.1 cm³/mol. The summed E-state index contributed by atoms with van der Waals surface area (Å²) in [5.74, 6) is 0.110. The zero-order valence-corrected chi connectivity index (χ0v) is 12.8. The van der Waals surface area contributed by atoms with Gasteiger partial charge in [-0.15, -0.1) is 0 Å². The van der Waals surface area contributed by atoms with Gasteiger partial charge in [-0.25, -0.2) is 9.67 Å². The van der Waals surface area contributed by atoms with E-state index < -0.39 is 0 Å². The molecule has 3 aromatic heterocycles. The van der Waals surface area contributed by atoms with Crippen LogP contribution in [0.15, 0.2) is 55.5 Å². The minimum atomic E-state index is -0.184. The Morgan fingerprint density at radius 2 is 2.22 bits per heavy atom. The Bertz CT molecular complexity index is 751. The van der Waals surface area contributed by atoms with Crippen LogP contribution in [0, 0.1) is 5.92 Å². The van der Waals surface area contributed by atoms with Gasteiger partial charge in [0.1, 0.15) is 5.69 Å². The highest BCUT2D eigenvalue weighted by molar-refractivity contribution is 5.92. The van der Waals surface area contributed by atoms with Crippen LogP contribution in [0.3, 0.4) is 0 Å². The first kappa shape index (κ1) is 15.0. The zero-order chi connectivity index (χ0) is 16.1. The van der Waals surface area contributed by atoms with E-state index in [1.807, 2.05) is 29.1 Å². The highest BCUT2D eigenvalue weighted by atomic mass is 16.1. The number of pyridine rings is 1. The monoisotopic (exact) mass is 310 g/mol. The Morgan fingerprint density at radius 1 is 1.30 bits per heavy atom. The number of hydrogen-bond donors (Lipinski definition) is 1. The molecule has 0 bridgehead atoms. The maximum absolute atomic E-state index is 12.3. The van der Waals surface area contributed by atoms with Crippen molar-refractivity contribution in [1.29, 1.82) is 0 Å². The molecule has 7 heteroatoms. The minimum absolute atomic E-state index is 0.184. The average Bonchev–Trinajstić information content (AvgIpc) is 3.26. The molecule has 1 N–H and O–H groups in total. The van der Waals surface area contributed by atoms with E-state index in [1.165, 1.54) is 0 Å². The van der Waals surface area contributed by atoms with E-state index in [9.17, 15) is 4.79 Å². The number of hydrogen-bond acceptors (Lipinski definition) is 4. The van der Waals surface area contributed by atoms with Crippen molar-refractivity contribution in [3.63, 3.8) is 0 Å². The molecule has 1 atom stereocenters. The summed E-state index contributed by atoms with van der Waals surface area (Å²) in [7, 11) is 0. The zero-order valence-electron chi connectivity index (χ0n) is 12.8. The van der Waals surface area contributed by atoms with Gasteiger partial charge in [0.25, 0.3) is 5.91 Å². The van der Waals surface area contributed by atoms with Gasteiger partial charge in [0.15, 0.2) is 0 Å². The first-order valence-electron chi connectivity index (χ1n) is 7.42. The number of carbonyl (C=O) groups is 1. The quantitative estimate of drug-likeness (QED) is 0.749. The molecule has 3 aromatic rings. The summed E-state index contributed by atoms with van der Waals surface area (Å²) in [6.07, 6.45) is 10.6. The lowest BCUT2D eigenvalue weighted by Crippen LogP contribution is -2.30. The van der Waals surface area contributed by atoms with Crippen molar-refractivity contribution in [2.45, 2.75) is 13.5 Å². The lowest BCUT2D eigenvalue weighted by atomic mass is 10.2. The Balaban J connectivity index is 1.59. The van der Waals surface area contributed by atoms with Crippen LogP contribution in [0.25, 0.3) is 5.69 Å². The van der Waals surface area contributed by atoms with Crippen molar-refractivity contribution in [2.75, 3.05) is 6.54 Å². The second kappa shape index (κ2) is 6.87. The molecule has 0 saturated carbocycles. The van der Waals surface area contributed by atoms with Crippen molar-refractivity contribution >= 4 is 5.91 Å². The van der Waals surface area contributed by atoms with E-state index in [-0.39, 0.29) is 5.91 Å². The number of imidazole rings is 1. The van der Waals surface area contributed by atoms with Gasteiger partial charge in [0.2, 0.25) is 0 Å². The molecule has 7 nitrogen and oxygen atoms in total. The van der Waals surface area contributed by atoms with Crippen LogP contribution in [0.2, 0.25) is 0 Å². The van der Waals surface area contributed by atoms with Gasteiger partial charge in [0, 0.05) is 44.1 Å². The molecule has 0 unspecified atom stereocenters. The Hall–Kier alpha value is -2.96.